The first kappa shape index (κ1) is 11.1. The third kappa shape index (κ3) is 4.14. The van der Waals surface area contributed by atoms with Gasteiger partial charge in [0, 0.05) is 13.0 Å². The van der Waals surface area contributed by atoms with E-state index in [1.807, 2.05) is 6.92 Å². The Morgan fingerprint density at radius 2 is 2.00 bits per heavy atom. The molecule has 0 aromatic heterocycles. The predicted octanol–water partition coefficient (Wildman–Crippen LogP) is 1.75. The zero-order valence-corrected chi connectivity index (χ0v) is 9.22. The fourth-order valence-electron chi connectivity index (χ4n) is 1.66. The zero-order valence-electron chi connectivity index (χ0n) is 8.33. The Hall–Kier alpha value is -0.0200. The Kier molecular flexibility index (Phi) is 4.81. The van der Waals surface area contributed by atoms with Crippen molar-refractivity contribution >= 4 is 18.4 Å². The number of hydrogen-bond donors (Lipinski definition) is 1. The molecule has 1 saturated heterocycles. The van der Waals surface area contributed by atoms with Crippen LogP contribution in [0.15, 0.2) is 0 Å². The lowest BCUT2D eigenvalue weighted by Gasteiger charge is -2.26. The van der Waals surface area contributed by atoms with Crippen molar-refractivity contribution in [1.29, 1.82) is 0 Å². The van der Waals surface area contributed by atoms with Crippen LogP contribution >= 0.6 is 12.6 Å². The van der Waals surface area contributed by atoms with E-state index in [-0.39, 0.29) is 11.0 Å². The van der Waals surface area contributed by atoms with E-state index in [0.29, 0.717) is 6.42 Å². The van der Waals surface area contributed by atoms with Gasteiger partial charge in [0.1, 0.15) is 5.78 Å². The van der Waals surface area contributed by atoms with Crippen LogP contribution in [0.25, 0.3) is 0 Å². The molecule has 0 amide bonds. The summed E-state index contributed by atoms with van der Waals surface area (Å²) >= 11 is 4.12. The second-order valence-corrected chi connectivity index (χ2v) is 4.57. The fourth-order valence-corrected chi connectivity index (χ4v) is 1.79. The molecule has 3 heteroatoms. The van der Waals surface area contributed by atoms with Crippen molar-refractivity contribution in [2.45, 2.75) is 37.9 Å². The molecule has 0 aromatic rings. The van der Waals surface area contributed by atoms with E-state index < -0.39 is 0 Å². The number of Topliss-reactive ketones (excluding diaryl/α,β-unsaturated/α-hetero) is 1. The number of thiol groups is 1. The molecule has 0 bridgehead atoms. The quantitative estimate of drug-likeness (QED) is 0.699. The third-order valence-corrected chi connectivity index (χ3v) is 2.88. The molecule has 76 valence electrons. The van der Waals surface area contributed by atoms with Crippen molar-refractivity contribution in [2.75, 3.05) is 19.6 Å². The Morgan fingerprint density at radius 1 is 1.38 bits per heavy atom. The summed E-state index contributed by atoms with van der Waals surface area (Å²) in [5.41, 5.74) is 0. The molecule has 1 rings (SSSR count). The van der Waals surface area contributed by atoms with Crippen LogP contribution in [0.1, 0.15) is 32.6 Å². The first-order valence-corrected chi connectivity index (χ1v) is 5.65. The summed E-state index contributed by atoms with van der Waals surface area (Å²) in [5, 5.41) is -0.0928. The van der Waals surface area contributed by atoms with E-state index in [1.54, 1.807) is 0 Å². The largest absolute Gasteiger partial charge is 0.303 e. The highest BCUT2D eigenvalue weighted by Crippen LogP contribution is 2.09. The number of likely N-dealkylation sites (tertiary alicyclic amines) is 1. The van der Waals surface area contributed by atoms with Gasteiger partial charge in [-0.1, -0.05) is 6.42 Å². The van der Waals surface area contributed by atoms with Gasteiger partial charge in [0.2, 0.25) is 0 Å². The van der Waals surface area contributed by atoms with Gasteiger partial charge in [0.25, 0.3) is 0 Å². The molecule has 1 unspecified atom stereocenters. The molecule has 0 radical (unpaired) electrons. The standard InChI is InChI=1S/C10H19NOS/c1-9(13)10(12)5-8-11-6-3-2-4-7-11/h9,13H,2-8H2,1H3. The summed E-state index contributed by atoms with van der Waals surface area (Å²) in [4.78, 5) is 13.7. The Balaban J connectivity index is 2.13. The van der Waals surface area contributed by atoms with Crippen LogP contribution in [-0.2, 0) is 4.79 Å². The van der Waals surface area contributed by atoms with E-state index in [0.717, 1.165) is 6.54 Å². The maximum absolute atomic E-state index is 11.3. The van der Waals surface area contributed by atoms with Crippen molar-refractivity contribution in [3.8, 4) is 0 Å². The number of rotatable bonds is 4. The van der Waals surface area contributed by atoms with Crippen LogP contribution in [-0.4, -0.2) is 35.6 Å². The van der Waals surface area contributed by atoms with Crippen LogP contribution in [0, 0.1) is 0 Å². The second-order valence-electron chi connectivity index (χ2n) is 3.79. The van der Waals surface area contributed by atoms with Gasteiger partial charge in [-0.2, -0.15) is 12.6 Å². The highest BCUT2D eigenvalue weighted by Gasteiger charge is 2.13. The molecule has 1 atom stereocenters. The lowest BCUT2D eigenvalue weighted by atomic mass is 10.1. The highest BCUT2D eigenvalue weighted by atomic mass is 32.1. The summed E-state index contributed by atoms with van der Waals surface area (Å²) < 4.78 is 0. The maximum atomic E-state index is 11.3. The minimum Gasteiger partial charge on any atom is -0.303 e. The van der Waals surface area contributed by atoms with Crippen LogP contribution in [0.3, 0.4) is 0 Å². The molecule has 0 aliphatic carbocycles. The van der Waals surface area contributed by atoms with E-state index in [1.165, 1.54) is 32.4 Å². The SMILES string of the molecule is CC(S)C(=O)CCN1CCCCC1. The van der Waals surface area contributed by atoms with Gasteiger partial charge in [0.05, 0.1) is 5.25 Å². The zero-order chi connectivity index (χ0) is 9.68. The van der Waals surface area contributed by atoms with E-state index >= 15 is 0 Å². The molecule has 0 N–H and O–H groups in total. The molecule has 1 heterocycles. The van der Waals surface area contributed by atoms with Crippen molar-refractivity contribution in [1.82, 2.24) is 4.90 Å². The second kappa shape index (κ2) is 5.66. The summed E-state index contributed by atoms with van der Waals surface area (Å²) in [5.74, 6) is 0.272. The summed E-state index contributed by atoms with van der Waals surface area (Å²) in [6, 6.07) is 0. The number of carbonyl (C=O) groups is 1. The van der Waals surface area contributed by atoms with Crippen molar-refractivity contribution < 1.29 is 4.79 Å². The number of hydrogen-bond acceptors (Lipinski definition) is 3. The molecule has 13 heavy (non-hydrogen) atoms. The first-order valence-electron chi connectivity index (χ1n) is 5.13. The number of carbonyl (C=O) groups excluding carboxylic acids is 1. The Labute approximate surface area is 86.1 Å². The van der Waals surface area contributed by atoms with Gasteiger partial charge in [0.15, 0.2) is 0 Å². The van der Waals surface area contributed by atoms with Gasteiger partial charge in [-0.15, -0.1) is 0 Å². The Bertz CT molecular complexity index is 164. The average Bonchev–Trinajstić information content (AvgIpc) is 2.15. The molecular formula is C10H19NOS. The van der Waals surface area contributed by atoms with Gasteiger partial charge < -0.3 is 4.90 Å². The molecular weight excluding hydrogens is 182 g/mol. The van der Waals surface area contributed by atoms with Crippen LogP contribution in [0.5, 0.6) is 0 Å². The van der Waals surface area contributed by atoms with Crippen molar-refractivity contribution in [2.24, 2.45) is 0 Å². The lowest BCUT2D eigenvalue weighted by Crippen LogP contribution is -2.32. The van der Waals surface area contributed by atoms with Gasteiger partial charge in [-0.25, -0.2) is 0 Å². The number of ketones is 1. The van der Waals surface area contributed by atoms with E-state index in [4.69, 9.17) is 0 Å². The normalized spacial score (nSPS) is 21.4. The molecule has 1 aliphatic rings. The maximum Gasteiger partial charge on any atom is 0.146 e. The monoisotopic (exact) mass is 201 g/mol. The van der Waals surface area contributed by atoms with Crippen molar-refractivity contribution in [3.05, 3.63) is 0 Å². The summed E-state index contributed by atoms with van der Waals surface area (Å²) in [6.45, 7) is 5.13. The Morgan fingerprint density at radius 3 is 2.54 bits per heavy atom. The van der Waals surface area contributed by atoms with Gasteiger partial charge in [-0.3, -0.25) is 4.79 Å². The fraction of sp³-hybridized carbons (Fsp3) is 0.900. The lowest BCUT2D eigenvalue weighted by molar-refractivity contribution is -0.118. The predicted molar refractivity (Wildman–Crippen MR) is 58.4 cm³/mol. The molecule has 1 aliphatic heterocycles. The first-order chi connectivity index (χ1) is 6.20. The minimum absolute atomic E-state index is 0.0928. The number of piperidine rings is 1. The van der Waals surface area contributed by atoms with Gasteiger partial charge in [-0.05, 0) is 32.9 Å². The van der Waals surface area contributed by atoms with E-state index in [2.05, 4.69) is 17.5 Å². The van der Waals surface area contributed by atoms with Gasteiger partial charge >= 0.3 is 0 Å². The molecule has 2 nitrogen and oxygen atoms in total. The third-order valence-electron chi connectivity index (χ3n) is 2.59. The molecule has 0 spiro atoms. The molecule has 1 fully saturated rings. The van der Waals surface area contributed by atoms with E-state index in [9.17, 15) is 4.79 Å². The highest BCUT2D eigenvalue weighted by molar-refractivity contribution is 7.81. The van der Waals surface area contributed by atoms with Crippen LogP contribution < -0.4 is 0 Å². The topological polar surface area (TPSA) is 20.3 Å². The average molecular weight is 201 g/mol. The molecule has 0 aromatic carbocycles. The summed E-state index contributed by atoms with van der Waals surface area (Å²) in [7, 11) is 0. The van der Waals surface area contributed by atoms with Crippen LogP contribution in [0.4, 0.5) is 0 Å². The van der Waals surface area contributed by atoms with Crippen LogP contribution in [0.2, 0.25) is 0 Å². The smallest absolute Gasteiger partial charge is 0.146 e. The minimum atomic E-state index is -0.0928. The summed E-state index contributed by atoms with van der Waals surface area (Å²) in [6.07, 6.45) is 4.62. The number of nitrogens with zero attached hydrogens (tertiary/aromatic N) is 1. The van der Waals surface area contributed by atoms with Crippen molar-refractivity contribution in [3.63, 3.8) is 0 Å². The molecule has 0 saturated carbocycles.